The zero-order valence-corrected chi connectivity index (χ0v) is 9.48. The molecule has 2 rings (SSSR count). The van der Waals surface area contributed by atoms with Gasteiger partial charge in [0.05, 0.1) is 0 Å². The molecule has 0 atom stereocenters. The van der Waals surface area contributed by atoms with Crippen molar-refractivity contribution in [3.63, 3.8) is 0 Å². The third kappa shape index (κ3) is 2.79. The Morgan fingerprint density at radius 3 is 2.82 bits per heavy atom. The molecule has 3 nitrogen and oxygen atoms in total. The SMILES string of the molecule is Cc1cc(F)ccc1Oc1cc(CN)ccn1. The smallest absolute Gasteiger partial charge is 0.219 e. The minimum atomic E-state index is -0.279. The van der Waals surface area contributed by atoms with Gasteiger partial charge in [0.1, 0.15) is 11.6 Å². The second kappa shape index (κ2) is 4.93. The molecule has 0 amide bonds. The van der Waals surface area contributed by atoms with Gasteiger partial charge in [-0.25, -0.2) is 9.37 Å². The van der Waals surface area contributed by atoms with Crippen LogP contribution in [0.5, 0.6) is 11.6 Å². The van der Waals surface area contributed by atoms with Crippen molar-refractivity contribution in [2.75, 3.05) is 0 Å². The van der Waals surface area contributed by atoms with E-state index in [-0.39, 0.29) is 5.82 Å². The molecule has 1 aromatic carbocycles. The second-order valence-corrected chi connectivity index (χ2v) is 3.72. The number of pyridine rings is 1. The van der Waals surface area contributed by atoms with Crippen LogP contribution in [0.1, 0.15) is 11.1 Å². The second-order valence-electron chi connectivity index (χ2n) is 3.72. The van der Waals surface area contributed by atoms with Gasteiger partial charge in [-0.05, 0) is 42.3 Å². The van der Waals surface area contributed by atoms with Gasteiger partial charge in [-0.3, -0.25) is 0 Å². The molecule has 0 aliphatic heterocycles. The number of aromatic nitrogens is 1. The van der Waals surface area contributed by atoms with E-state index in [0.29, 0.717) is 18.2 Å². The highest BCUT2D eigenvalue weighted by Crippen LogP contribution is 2.24. The Morgan fingerprint density at radius 1 is 1.29 bits per heavy atom. The zero-order valence-electron chi connectivity index (χ0n) is 9.48. The molecule has 4 heteroatoms. The van der Waals surface area contributed by atoms with Gasteiger partial charge in [-0.1, -0.05) is 0 Å². The van der Waals surface area contributed by atoms with E-state index in [1.165, 1.54) is 12.1 Å². The Bertz CT molecular complexity index is 529. The molecule has 2 N–H and O–H groups in total. The highest BCUT2D eigenvalue weighted by molar-refractivity contribution is 5.36. The number of rotatable bonds is 3. The number of aryl methyl sites for hydroxylation is 1. The quantitative estimate of drug-likeness (QED) is 0.885. The predicted octanol–water partition coefficient (Wildman–Crippen LogP) is 2.78. The van der Waals surface area contributed by atoms with E-state index < -0.39 is 0 Å². The largest absolute Gasteiger partial charge is 0.439 e. The molecule has 88 valence electrons. The number of halogens is 1. The van der Waals surface area contributed by atoms with Crippen molar-refractivity contribution < 1.29 is 9.13 Å². The highest BCUT2D eigenvalue weighted by Gasteiger charge is 2.04. The van der Waals surface area contributed by atoms with E-state index in [1.54, 1.807) is 25.3 Å². The fourth-order valence-electron chi connectivity index (χ4n) is 1.47. The lowest BCUT2D eigenvalue weighted by Gasteiger charge is -2.08. The Labute approximate surface area is 99.1 Å². The van der Waals surface area contributed by atoms with E-state index in [0.717, 1.165) is 11.1 Å². The first-order valence-electron chi connectivity index (χ1n) is 5.28. The highest BCUT2D eigenvalue weighted by atomic mass is 19.1. The fourth-order valence-corrected chi connectivity index (χ4v) is 1.47. The van der Waals surface area contributed by atoms with E-state index in [4.69, 9.17) is 10.5 Å². The summed E-state index contributed by atoms with van der Waals surface area (Å²) in [5.41, 5.74) is 7.20. The summed E-state index contributed by atoms with van der Waals surface area (Å²) >= 11 is 0. The molecule has 0 saturated heterocycles. The molecule has 17 heavy (non-hydrogen) atoms. The summed E-state index contributed by atoms with van der Waals surface area (Å²) in [6.45, 7) is 2.21. The Kier molecular flexibility index (Phi) is 3.35. The monoisotopic (exact) mass is 232 g/mol. The number of hydrogen-bond acceptors (Lipinski definition) is 3. The molecule has 0 saturated carbocycles. The van der Waals surface area contributed by atoms with Crippen LogP contribution in [0.3, 0.4) is 0 Å². The first-order chi connectivity index (χ1) is 8.19. The fraction of sp³-hybridized carbons (Fsp3) is 0.154. The van der Waals surface area contributed by atoms with Crippen LogP contribution in [0.4, 0.5) is 4.39 Å². The summed E-state index contributed by atoms with van der Waals surface area (Å²) in [6.07, 6.45) is 1.64. The molecule has 0 aliphatic carbocycles. The van der Waals surface area contributed by atoms with Crippen molar-refractivity contribution >= 4 is 0 Å². The van der Waals surface area contributed by atoms with Crippen LogP contribution in [0.2, 0.25) is 0 Å². The summed E-state index contributed by atoms with van der Waals surface area (Å²) < 4.78 is 18.5. The molecule has 0 unspecified atom stereocenters. The summed E-state index contributed by atoms with van der Waals surface area (Å²) in [5.74, 6) is 0.772. The standard InChI is InChI=1S/C13H13FN2O/c1-9-6-11(14)2-3-12(9)17-13-7-10(8-15)4-5-16-13/h2-7H,8,15H2,1H3. The molecule has 0 spiro atoms. The third-order valence-electron chi connectivity index (χ3n) is 2.39. The van der Waals surface area contributed by atoms with Crippen LogP contribution in [0.25, 0.3) is 0 Å². The van der Waals surface area contributed by atoms with Crippen LogP contribution >= 0.6 is 0 Å². The van der Waals surface area contributed by atoms with Gasteiger partial charge in [-0.15, -0.1) is 0 Å². The van der Waals surface area contributed by atoms with Gasteiger partial charge in [0.2, 0.25) is 5.88 Å². The lowest BCUT2D eigenvalue weighted by molar-refractivity contribution is 0.457. The van der Waals surface area contributed by atoms with Gasteiger partial charge in [0, 0.05) is 18.8 Å². The van der Waals surface area contributed by atoms with Crippen molar-refractivity contribution in [2.24, 2.45) is 5.73 Å². The molecule has 0 aliphatic rings. The zero-order chi connectivity index (χ0) is 12.3. The number of nitrogens with two attached hydrogens (primary N) is 1. The molecule has 1 aromatic heterocycles. The summed E-state index contributed by atoms with van der Waals surface area (Å²) in [4.78, 5) is 4.07. The van der Waals surface area contributed by atoms with Crippen LogP contribution in [-0.4, -0.2) is 4.98 Å². The van der Waals surface area contributed by atoms with Crippen molar-refractivity contribution in [1.29, 1.82) is 0 Å². The van der Waals surface area contributed by atoms with Crippen LogP contribution in [-0.2, 0) is 6.54 Å². The lowest BCUT2D eigenvalue weighted by atomic mass is 10.2. The molecular weight excluding hydrogens is 219 g/mol. The first kappa shape index (κ1) is 11.5. The number of hydrogen-bond donors (Lipinski definition) is 1. The van der Waals surface area contributed by atoms with Crippen molar-refractivity contribution in [3.05, 3.63) is 53.5 Å². The van der Waals surface area contributed by atoms with Gasteiger partial charge >= 0.3 is 0 Å². The maximum atomic E-state index is 12.9. The molecule has 0 bridgehead atoms. The van der Waals surface area contributed by atoms with Gasteiger partial charge in [0.25, 0.3) is 0 Å². The molecular formula is C13H13FN2O. The minimum absolute atomic E-state index is 0.279. The van der Waals surface area contributed by atoms with Crippen molar-refractivity contribution in [1.82, 2.24) is 4.98 Å². The molecule has 0 radical (unpaired) electrons. The number of nitrogens with zero attached hydrogens (tertiary/aromatic N) is 1. The Balaban J connectivity index is 2.25. The maximum Gasteiger partial charge on any atom is 0.219 e. The Hall–Kier alpha value is -1.94. The minimum Gasteiger partial charge on any atom is -0.439 e. The summed E-state index contributed by atoms with van der Waals surface area (Å²) in [5, 5.41) is 0. The van der Waals surface area contributed by atoms with Crippen molar-refractivity contribution in [3.8, 4) is 11.6 Å². The lowest BCUT2D eigenvalue weighted by Crippen LogP contribution is -1.98. The van der Waals surface area contributed by atoms with E-state index in [1.807, 2.05) is 6.07 Å². The topological polar surface area (TPSA) is 48.1 Å². The van der Waals surface area contributed by atoms with Crippen LogP contribution in [0, 0.1) is 12.7 Å². The van der Waals surface area contributed by atoms with Gasteiger partial charge in [-0.2, -0.15) is 0 Å². The van der Waals surface area contributed by atoms with E-state index >= 15 is 0 Å². The molecule has 0 fully saturated rings. The first-order valence-corrected chi connectivity index (χ1v) is 5.28. The number of benzene rings is 1. The predicted molar refractivity (Wildman–Crippen MR) is 63.3 cm³/mol. The number of ether oxygens (including phenoxy) is 1. The van der Waals surface area contributed by atoms with Gasteiger partial charge < -0.3 is 10.5 Å². The van der Waals surface area contributed by atoms with E-state index in [2.05, 4.69) is 4.98 Å². The normalized spacial score (nSPS) is 10.3. The average Bonchev–Trinajstić information content (AvgIpc) is 2.33. The summed E-state index contributed by atoms with van der Waals surface area (Å²) in [7, 11) is 0. The van der Waals surface area contributed by atoms with Gasteiger partial charge in [0.15, 0.2) is 0 Å². The van der Waals surface area contributed by atoms with Crippen LogP contribution in [0.15, 0.2) is 36.5 Å². The van der Waals surface area contributed by atoms with Crippen molar-refractivity contribution in [2.45, 2.75) is 13.5 Å². The van der Waals surface area contributed by atoms with Crippen LogP contribution < -0.4 is 10.5 Å². The molecule has 2 aromatic rings. The van der Waals surface area contributed by atoms with E-state index in [9.17, 15) is 4.39 Å². The summed E-state index contributed by atoms with van der Waals surface area (Å²) in [6, 6.07) is 7.95. The molecule has 1 heterocycles. The third-order valence-corrected chi connectivity index (χ3v) is 2.39. The maximum absolute atomic E-state index is 12.9. The Morgan fingerprint density at radius 2 is 2.12 bits per heavy atom. The average molecular weight is 232 g/mol.